The molecule has 4 nitrogen and oxygen atoms in total. The summed E-state index contributed by atoms with van der Waals surface area (Å²) in [5, 5.41) is 0. The van der Waals surface area contributed by atoms with Gasteiger partial charge >= 0.3 is 0 Å². The summed E-state index contributed by atoms with van der Waals surface area (Å²) in [7, 11) is 0. The lowest BCUT2D eigenvalue weighted by Gasteiger charge is -2.05. The number of unbranched alkanes of at least 4 members (excludes halogenated alkanes) is 3. The number of benzene rings is 1. The number of ether oxygens (including phenoxy) is 1. The summed E-state index contributed by atoms with van der Waals surface area (Å²) in [4.78, 5) is 4.52. The molecule has 6 heteroatoms. The summed E-state index contributed by atoms with van der Waals surface area (Å²) >= 11 is 0. The number of hydrogen-bond acceptors (Lipinski definition) is 2. The second-order valence-corrected chi connectivity index (χ2v) is 6.51. The van der Waals surface area contributed by atoms with Gasteiger partial charge < -0.3 is 4.74 Å². The second-order valence-electron chi connectivity index (χ2n) is 6.51. The van der Waals surface area contributed by atoms with Crippen LogP contribution in [0.25, 0.3) is 5.82 Å². The molecule has 3 aromatic rings. The molecule has 0 atom stereocenters. The van der Waals surface area contributed by atoms with Crippen molar-refractivity contribution in [1.82, 2.24) is 9.55 Å². The molecule has 0 amide bonds. The van der Waals surface area contributed by atoms with Gasteiger partial charge in [-0.3, -0.25) is 0 Å². The van der Waals surface area contributed by atoms with Crippen molar-refractivity contribution in [3.63, 3.8) is 0 Å². The van der Waals surface area contributed by atoms with Crippen molar-refractivity contribution in [3.05, 3.63) is 72.3 Å². The maximum atomic E-state index is 13.3. The summed E-state index contributed by atoms with van der Waals surface area (Å²) < 4.78 is 36.1. The number of imidazole rings is 1. The average molecular weight is 372 g/mol. The highest BCUT2D eigenvalue weighted by Gasteiger charge is 2.11. The van der Waals surface area contributed by atoms with Gasteiger partial charge in [-0.15, -0.1) is 0 Å². The first-order valence-electron chi connectivity index (χ1n) is 9.26. The molecule has 0 spiro atoms. The average Bonchev–Trinajstić information content (AvgIpc) is 3.09. The zero-order chi connectivity index (χ0) is 19.1. The Balaban J connectivity index is 1.64. The highest BCUT2D eigenvalue weighted by molar-refractivity contribution is 5.26. The summed E-state index contributed by atoms with van der Waals surface area (Å²) in [6, 6.07) is 9.16. The van der Waals surface area contributed by atoms with Gasteiger partial charge in [-0.2, -0.15) is 9.55 Å². The van der Waals surface area contributed by atoms with Gasteiger partial charge in [0.25, 0.3) is 6.33 Å². The number of nitrogens with zero attached hydrogens (tertiary/aromatic N) is 3. The lowest BCUT2D eigenvalue weighted by molar-refractivity contribution is -0.687. The fourth-order valence-corrected chi connectivity index (χ4v) is 2.87. The van der Waals surface area contributed by atoms with E-state index >= 15 is 0 Å². The summed E-state index contributed by atoms with van der Waals surface area (Å²) in [6.45, 7) is 3.21. The van der Waals surface area contributed by atoms with Crippen molar-refractivity contribution in [3.8, 4) is 11.7 Å². The number of rotatable bonds is 9. The highest BCUT2D eigenvalue weighted by atomic mass is 19.1. The van der Waals surface area contributed by atoms with Crippen LogP contribution in [0.5, 0.6) is 5.88 Å². The van der Waals surface area contributed by atoms with Crippen LogP contribution in [0.15, 0.2) is 55.1 Å². The Kier molecular flexibility index (Phi) is 6.52. The first-order chi connectivity index (χ1) is 13.1. The molecule has 0 aliphatic rings. The first kappa shape index (κ1) is 19.0. The molecule has 0 N–H and O–H groups in total. The fourth-order valence-electron chi connectivity index (χ4n) is 2.87. The van der Waals surface area contributed by atoms with E-state index in [9.17, 15) is 8.78 Å². The fraction of sp³-hybridized carbons (Fsp3) is 0.333. The molecule has 3 rings (SSSR count). The van der Waals surface area contributed by atoms with E-state index in [2.05, 4.69) is 11.9 Å². The van der Waals surface area contributed by atoms with E-state index in [-0.39, 0.29) is 0 Å². The Hall–Kier alpha value is -2.76. The normalized spacial score (nSPS) is 10.9. The van der Waals surface area contributed by atoms with Gasteiger partial charge in [0.2, 0.25) is 11.7 Å². The van der Waals surface area contributed by atoms with Gasteiger partial charge in [0.1, 0.15) is 30.6 Å². The molecule has 0 radical (unpaired) electrons. The van der Waals surface area contributed by atoms with Crippen molar-refractivity contribution >= 4 is 0 Å². The van der Waals surface area contributed by atoms with Crippen molar-refractivity contribution < 1.29 is 18.1 Å². The molecule has 0 aliphatic carbocycles. The Morgan fingerprint density at radius 2 is 1.89 bits per heavy atom. The van der Waals surface area contributed by atoms with Crippen LogP contribution in [-0.2, 0) is 6.54 Å². The van der Waals surface area contributed by atoms with Gasteiger partial charge in [-0.1, -0.05) is 32.3 Å². The Morgan fingerprint density at radius 1 is 1.07 bits per heavy atom. The maximum Gasteiger partial charge on any atom is 0.250 e. The van der Waals surface area contributed by atoms with E-state index in [4.69, 9.17) is 4.74 Å². The Bertz CT molecular complexity index is 859. The summed E-state index contributed by atoms with van der Waals surface area (Å²) in [5.41, 5.74) is 0.562. The standard InChI is InChI=1S/C21H24F2N3O/c1-2-3-4-5-11-27-21-8-6-7-20(24-21)26-10-9-25(16-26)15-17-12-18(22)14-19(23)13-17/h6-10,12-14,16H,2-5,11,15H2,1H3/q+1. The molecule has 0 aliphatic heterocycles. The lowest BCUT2D eigenvalue weighted by atomic mass is 10.2. The van der Waals surface area contributed by atoms with Crippen LogP contribution in [0.2, 0.25) is 0 Å². The van der Waals surface area contributed by atoms with Gasteiger partial charge in [-0.25, -0.2) is 13.3 Å². The third kappa shape index (κ3) is 5.61. The first-order valence-corrected chi connectivity index (χ1v) is 9.26. The number of hydrogen-bond donors (Lipinski definition) is 0. The van der Waals surface area contributed by atoms with E-state index in [0.717, 1.165) is 24.7 Å². The maximum absolute atomic E-state index is 13.3. The van der Waals surface area contributed by atoms with Crippen molar-refractivity contribution in [2.24, 2.45) is 0 Å². The molecule has 0 unspecified atom stereocenters. The molecular formula is C21H24F2N3O+. The smallest absolute Gasteiger partial charge is 0.250 e. The van der Waals surface area contributed by atoms with Crippen LogP contribution in [0.3, 0.4) is 0 Å². The number of pyridine rings is 1. The zero-order valence-electron chi connectivity index (χ0n) is 15.4. The minimum absolute atomic E-state index is 0.370. The summed E-state index contributed by atoms with van der Waals surface area (Å²) in [5.74, 6) is 0.174. The van der Waals surface area contributed by atoms with E-state index in [1.54, 1.807) is 0 Å². The van der Waals surface area contributed by atoms with Crippen molar-refractivity contribution in [2.75, 3.05) is 6.61 Å². The molecule has 1 aromatic carbocycles. The molecule has 0 saturated carbocycles. The molecule has 2 aromatic heterocycles. The lowest BCUT2D eigenvalue weighted by Crippen LogP contribution is -2.31. The van der Waals surface area contributed by atoms with Gasteiger partial charge in [-0.05, 0) is 24.1 Å². The van der Waals surface area contributed by atoms with Gasteiger partial charge in [0.05, 0.1) is 6.61 Å². The third-order valence-corrected chi connectivity index (χ3v) is 4.20. The molecule has 0 fully saturated rings. The largest absolute Gasteiger partial charge is 0.478 e. The molecule has 2 heterocycles. The van der Waals surface area contributed by atoms with E-state index < -0.39 is 11.6 Å². The summed E-state index contributed by atoms with van der Waals surface area (Å²) in [6.07, 6.45) is 10.1. The minimum Gasteiger partial charge on any atom is -0.478 e. The molecule has 0 bridgehead atoms. The molecule has 27 heavy (non-hydrogen) atoms. The monoisotopic (exact) mass is 372 g/mol. The van der Waals surface area contributed by atoms with Crippen LogP contribution >= 0.6 is 0 Å². The number of aromatic nitrogens is 3. The van der Waals surface area contributed by atoms with E-state index in [0.29, 0.717) is 24.6 Å². The Morgan fingerprint density at radius 3 is 2.67 bits per heavy atom. The minimum atomic E-state index is -0.574. The van der Waals surface area contributed by atoms with E-state index in [1.807, 2.05) is 46.1 Å². The predicted molar refractivity (Wildman–Crippen MR) is 98.9 cm³/mol. The molecule has 142 valence electrons. The van der Waals surface area contributed by atoms with Crippen molar-refractivity contribution in [2.45, 2.75) is 39.2 Å². The van der Waals surface area contributed by atoms with Crippen molar-refractivity contribution in [1.29, 1.82) is 0 Å². The van der Waals surface area contributed by atoms with Crippen LogP contribution in [0.1, 0.15) is 38.2 Å². The van der Waals surface area contributed by atoms with E-state index in [1.165, 1.54) is 25.0 Å². The molecule has 0 saturated heterocycles. The zero-order valence-corrected chi connectivity index (χ0v) is 15.4. The van der Waals surface area contributed by atoms with Crippen LogP contribution < -0.4 is 9.30 Å². The second kappa shape index (κ2) is 9.26. The predicted octanol–water partition coefficient (Wildman–Crippen LogP) is 4.45. The van der Waals surface area contributed by atoms with Crippen LogP contribution in [0.4, 0.5) is 8.78 Å². The molecular weight excluding hydrogens is 348 g/mol. The Labute approximate surface area is 158 Å². The topological polar surface area (TPSA) is 30.9 Å². The SMILES string of the molecule is CCCCCCOc1cccc(-n2cc[n+](Cc3cc(F)cc(F)c3)c2)n1. The number of halogens is 2. The van der Waals surface area contributed by atoms with Gasteiger partial charge in [0.15, 0.2) is 0 Å². The third-order valence-electron chi connectivity index (χ3n) is 4.20. The quantitative estimate of drug-likeness (QED) is 0.411. The van der Waals surface area contributed by atoms with Crippen LogP contribution in [-0.4, -0.2) is 16.2 Å². The van der Waals surface area contributed by atoms with Gasteiger partial charge in [0, 0.05) is 18.2 Å². The van der Waals surface area contributed by atoms with Crippen LogP contribution in [0, 0.1) is 11.6 Å². The highest BCUT2D eigenvalue weighted by Crippen LogP contribution is 2.12.